The summed E-state index contributed by atoms with van der Waals surface area (Å²) in [6, 6.07) is 8.22. The summed E-state index contributed by atoms with van der Waals surface area (Å²) >= 11 is 0. The van der Waals surface area contributed by atoms with Gasteiger partial charge in [-0.15, -0.1) is 0 Å². The maximum absolute atomic E-state index is 11.1. The van der Waals surface area contributed by atoms with Gasteiger partial charge in [0.1, 0.15) is 18.5 Å². The van der Waals surface area contributed by atoms with Crippen molar-refractivity contribution in [2.75, 3.05) is 13.2 Å². The molecule has 1 aliphatic carbocycles. The predicted molar refractivity (Wildman–Crippen MR) is 94.0 cm³/mol. The molecule has 1 fully saturated rings. The Morgan fingerprint density at radius 1 is 1.25 bits per heavy atom. The zero-order chi connectivity index (χ0) is 17.4. The molecule has 0 spiro atoms. The number of hydrogen-bond donors (Lipinski definition) is 0. The average Bonchev–Trinajstić information content (AvgIpc) is 2.61. The molecule has 0 N–H and O–H groups in total. The molecule has 24 heavy (non-hydrogen) atoms. The molecule has 0 aliphatic heterocycles. The van der Waals surface area contributed by atoms with Crippen LogP contribution in [-0.4, -0.2) is 31.4 Å². The lowest BCUT2D eigenvalue weighted by molar-refractivity contribution is -0.143. The van der Waals surface area contributed by atoms with Crippen LogP contribution in [-0.2, 0) is 14.3 Å². The summed E-state index contributed by atoms with van der Waals surface area (Å²) in [5.41, 5.74) is 1.35. The minimum Gasteiger partial charge on any atom is -0.490 e. The Morgan fingerprint density at radius 2 is 1.92 bits per heavy atom. The van der Waals surface area contributed by atoms with Gasteiger partial charge >= 0.3 is 5.97 Å². The smallest absolute Gasteiger partial charge is 0.330 e. The van der Waals surface area contributed by atoms with Crippen LogP contribution in [0.25, 0.3) is 0 Å². The first kappa shape index (κ1) is 18.5. The highest BCUT2D eigenvalue weighted by atomic mass is 16.6. The number of carbonyl (C=O) groups excluding carboxylic acids is 1. The molecule has 4 nitrogen and oxygen atoms in total. The van der Waals surface area contributed by atoms with Gasteiger partial charge in [0.2, 0.25) is 0 Å². The fourth-order valence-electron chi connectivity index (χ4n) is 3.06. The average molecular weight is 331 g/mol. The second kappa shape index (κ2) is 9.48. The van der Waals surface area contributed by atoms with Crippen LogP contribution in [0.4, 0.5) is 0 Å². The number of rotatable bonds is 8. The molecule has 1 saturated carbocycles. The Kier molecular flexibility index (Phi) is 7.32. The third-order valence-electron chi connectivity index (χ3n) is 4.35. The first-order valence-electron chi connectivity index (χ1n) is 8.59. The van der Waals surface area contributed by atoms with Crippen molar-refractivity contribution in [2.24, 2.45) is 0 Å². The number of benzene rings is 1. The van der Waals surface area contributed by atoms with Crippen LogP contribution in [0.5, 0.6) is 5.75 Å². The van der Waals surface area contributed by atoms with E-state index in [0.717, 1.165) is 37.5 Å². The summed E-state index contributed by atoms with van der Waals surface area (Å²) in [5, 5.41) is 0. The monoisotopic (exact) mass is 331 g/mol. The van der Waals surface area contributed by atoms with Crippen molar-refractivity contribution in [3.05, 3.63) is 49.4 Å². The van der Waals surface area contributed by atoms with Crippen LogP contribution in [0.15, 0.2) is 36.9 Å². The van der Waals surface area contributed by atoms with Crippen molar-refractivity contribution in [2.45, 2.75) is 50.7 Å². The maximum atomic E-state index is 11.1. The van der Waals surface area contributed by atoms with Crippen LogP contribution in [0, 0.1) is 6.92 Å². The van der Waals surface area contributed by atoms with E-state index in [0.29, 0.717) is 25.2 Å². The molecular weight excluding hydrogens is 304 g/mol. The summed E-state index contributed by atoms with van der Waals surface area (Å²) in [7, 11) is 0. The third-order valence-corrected chi connectivity index (χ3v) is 4.35. The summed E-state index contributed by atoms with van der Waals surface area (Å²) < 4.78 is 16.3. The minimum absolute atomic E-state index is 0.307. The standard InChI is InChI=1S/C20H27O4/c1-4-20(21)24-15(3)14-23-19-12-8-17(9-13-19)16-6-10-18(11-7-16)22-5-2/h4,8-9,12-13,15-16,18H,1-2,5-7,10-11,14H2,3H3. The van der Waals surface area contributed by atoms with Gasteiger partial charge in [-0.25, -0.2) is 4.79 Å². The molecule has 1 aromatic rings. The van der Waals surface area contributed by atoms with E-state index in [4.69, 9.17) is 14.2 Å². The van der Waals surface area contributed by atoms with E-state index in [9.17, 15) is 4.79 Å². The SMILES string of the molecule is [CH2]COC1CCC(c2ccc(OCC(C)OC(=O)C=C)cc2)CC1. The molecule has 131 valence electrons. The lowest BCUT2D eigenvalue weighted by Gasteiger charge is -2.28. The molecule has 4 heteroatoms. The van der Waals surface area contributed by atoms with E-state index in [1.807, 2.05) is 12.1 Å². The molecule has 2 rings (SSSR count). The summed E-state index contributed by atoms with van der Waals surface area (Å²) in [6.45, 7) is 9.80. The highest BCUT2D eigenvalue weighted by Gasteiger charge is 2.22. The van der Waals surface area contributed by atoms with Gasteiger partial charge in [0.15, 0.2) is 0 Å². The fraction of sp³-hybridized carbons (Fsp3) is 0.500. The Hall–Kier alpha value is -1.81. The van der Waals surface area contributed by atoms with Gasteiger partial charge in [-0.1, -0.05) is 18.7 Å². The van der Waals surface area contributed by atoms with Gasteiger partial charge in [-0.05, 0) is 63.1 Å². The molecule has 1 unspecified atom stereocenters. The fourth-order valence-corrected chi connectivity index (χ4v) is 3.06. The lowest BCUT2D eigenvalue weighted by atomic mass is 9.83. The molecule has 1 atom stereocenters. The molecule has 0 aromatic heterocycles. The molecule has 1 radical (unpaired) electrons. The van der Waals surface area contributed by atoms with Crippen LogP contribution in [0.1, 0.15) is 44.1 Å². The normalized spacial score (nSPS) is 21.8. The third kappa shape index (κ3) is 5.68. The van der Waals surface area contributed by atoms with Gasteiger partial charge in [-0.3, -0.25) is 0 Å². The Morgan fingerprint density at radius 3 is 2.50 bits per heavy atom. The topological polar surface area (TPSA) is 44.8 Å². The molecule has 0 saturated heterocycles. The van der Waals surface area contributed by atoms with Crippen LogP contribution >= 0.6 is 0 Å². The van der Waals surface area contributed by atoms with Crippen molar-refractivity contribution in [1.82, 2.24) is 0 Å². The second-order valence-corrected chi connectivity index (χ2v) is 6.18. The van der Waals surface area contributed by atoms with Gasteiger partial charge in [-0.2, -0.15) is 0 Å². The molecule has 0 amide bonds. The van der Waals surface area contributed by atoms with Crippen molar-refractivity contribution in [3.63, 3.8) is 0 Å². The van der Waals surface area contributed by atoms with Gasteiger partial charge in [0.05, 0.1) is 6.10 Å². The lowest BCUT2D eigenvalue weighted by Crippen LogP contribution is -2.21. The highest BCUT2D eigenvalue weighted by molar-refractivity contribution is 5.81. The van der Waals surface area contributed by atoms with Crippen LogP contribution in [0.2, 0.25) is 0 Å². The first-order chi connectivity index (χ1) is 11.6. The van der Waals surface area contributed by atoms with Gasteiger partial charge in [0.25, 0.3) is 0 Å². The van der Waals surface area contributed by atoms with Crippen molar-refractivity contribution in [1.29, 1.82) is 0 Å². The van der Waals surface area contributed by atoms with Crippen molar-refractivity contribution in [3.8, 4) is 5.75 Å². The first-order valence-corrected chi connectivity index (χ1v) is 8.59. The van der Waals surface area contributed by atoms with E-state index in [1.54, 1.807) is 6.92 Å². The van der Waals surface area contributed by atoms with Crippen molar-refractivity contribution >= 4 is 5.97 Å². The van der Waals surface area contributed by atoms with Crippen LogP contribution < -0.4 is 4.74 Å². The number of esters is 1. The molecular formula is C20H27O4. The van der Waals surface area contributed by atoms with E-state index in [-0.39, 0.29) is 6.10 Å². The highest BCUT2D eigenvalue weighted by Crippen LogP contribution is 2.34. The molecule has 0 heterocycles. The second-order valence-electron chi connectivity index (χ2n) is 6.18. The summed E-state index contributed by atoms with van der Waals surface area (Å²) in [5.74, 6) is 0.949. The zero-order valence-electron chi connectivity index (χ0n) is 14.4. The zero-order valence-corrected chi connectivity index (χ0v) is 14.4. The molecule has 1 aromatic carbocycles. The maximum Gasteiger partial charge on any atom is 0.330 e. The quantitative estimate of drug-likeness (QED) is 0.532. The largest absolute Gasteiger partial charge is 0.490 e. The summed E-state index contributed by atoms with van der Waals surface area (Å²) in [4.78, 5) is 11.1. The number of ether oxygens (including phenoxy) is 3. The number of carbonyl (C=O) groups is 1. The van der Waals surface area contributed by atoms with E-state index < -0.39 is 5.97 Å². The van der Waals surface area contributed by atoms with Crippen LogP contribution in [0.3, 0.4) is 0 Å². The molecule has 0 bridgehead atoms. The number of hydrogen-bond acceptors (Lipinski definition) is 4. The van der Waals surface area contributed by atoms with Gasteiger partial charge in [0, 0.05) is 12.7 Å². The van der Waals surface area contributed by atoms with E-state index in [2.05, 4.69) is 25.6 Å². The summed E-state index contributed by atoms with van der Waals surface area (Å²) in [6.07, 6.45) is 5.73. The minimum atomic E-state index is -0.431. The Balaban J connectivity index is 1.79. The predicted octanol–water partition coefficient (Wildman–Crippen LogP) is 4.06. The molecule has 1 aliphatic rings. The van der Waals surface area contributed by atoms with Gasteiger partial charge < -0.3 is 14.2 Å². The van der Waals surface area contributed by atoms with E-state index >= 15 is 0 Å². The Bertz CT molecular complexity index is 515. The van der Waals surface area contributed by atoms with E-state index in [1.165, 1.54) is 5.56 Å². The Labute approximate surface area is 144 Å². The van der Waals surface area contributed by atoms with Crippen molar-refractivity contribution < 1.29 is 19.0 Å².